The van der Waals surface area contributed by atoms with Gasteiger partial charge in [-0.05, 0) is 63.2 Å². The number of rotatable bonds is 5. The van der Waals surface area contributed by atoms with Crippen molar-refractivity contribution in [2.24, 2.45) is 17.8 Å². The largest absolute Gasteiger partial charge is 0.462 e. The fraction of sp³-hybridized carbons (Fsp3) is 0.789. The summed E-state index contributed by atoms with van der Waals surface area (Å²) in [6, 6.07) is 2.05. The quantitative estimate of drug-likeness (QED) is 0.542. The van der Waals surface area contributed by atoms with Gasteiger partial charge in [-0.25, -0.2) is 0 Å². The minimum absolute atomic E-state index is 0.0472. The fourth-order valence-electron chi connectivity index (χ4n) is 3.93. The first-order valence-electron chi connectivity index (χ1n) is 8.99. The minimum Gasteiger partial charge on any atom is -0.462 e. The van der Waals surface area contributed by atoms with E-state index in [1.807, 2.05) is 12.1 Å². The zero-order chi connectivity index (χ0) is 15.8. The summed E-state index contributed by atoms with van der Waals surface area (Å²) in [5.41, 5.74) is 0. The molecule has 0 aromatic rings. The van der Waals surface area contributed by atoms with Crippen LogP contribution in [0, 0.1) is 29.1 Å². The van der Waals surface area contributed by atoms with E-state index in [1.165, 1.54) is 25.7 Å². The predicted octanol–water partition coefficient (Wildman–Crippen LogP) is 4.77. The van der Waals surface area contributed by atoms with Gasteiger partial charge >= 0.3 is 5.97 Å². The van der Waals surface area contributed by atoms with Crippen LogP contribution in [0.4, 0.5) is 0 Å². The Morgan fingerprint density at radius 2 is 1.82 bits per heavy atom. The van der Waals surface area contributed by atoms with Crippen LogP contribution in [0.5, 0.6) is 0 Å². The zero-order valence-electron chi connectivity index (χ0n) is 13.8. The monoisotopic (exact) mass is 303 g/mol. The summed E-state index contributed by atoms with van der Waals surface area (Å²) >= 11 is 0. The van der Waals surface area contributed by atoms with E-state index >= 15 is 0 Å². The van der Waals surface area contributed by atoms with E-state index in [0.29, 0.717) is 5.92 Å². The first-order valence-corrected chi connectivity index (χ1v) is 8.99. The van der Waals surface area contributed by atoms with Crippen LogP contribution in [0.2, 0.25) is 0 Å². The SMILES string of the molecule is CCC[C@H]1CC[C@H](C(=O)OC2CCC(/C=C/C#N)CC2)CC1. The number of ether oxygens (including phenoxy) is 1. The molecular weight excluding hydrogens is 274 g/mol. The van der Waals surface area contributed by atoms with E-state index < -0.39 is 0 Å². The zero-order valence-corrected chi connectivity index (χ0v) is 13.8. The third kappa shape index (κ3) is 5.16. The summed E-state index contributed by atoms with van der Waals surface area (Å²) in [6.45, 7) is 2.24. The van der Waals surface area contributed by atoms with Gasteiger partial charge in [-0.15, -0.1) is 0 Å². The van der Waals surface area contributed by atoms with Crippen molar-refractivity contribution in [3.05, 3.63) is 12.2 Å². The Morgan fingerprint density at radius 1 is 1.14 bits per heavy atom. The summed E-state index contributed by atoms with van der Waals surface area (Å²) in [6.07, 6.45) is 14.6. The van der Waals surface area contributed by atoms with E-state index in [0.717, 1.165) is 44.4 Å². The Balaban J connectivity index is 1.68. The van der Waals surface area contributed by atoms with Crippen LogP contribution in [0.15, 0.2) is 12.2 Å². The molecule has 22 heavy (non-hydrogen) atoms. The normalized spacial score (nSPS) is 32.5. The molecule has 122 valence electrons. The topological polar surface area (TPSA) is 50.1 Å². The fourth-order valence-corrected chi connectivity index (χ4v) is 3.93. The maximum absolute atomic E-state index is 12.3. The van der Waals surface area contributed by atoms with Gasteiger partial charge < -0.3 is 4.74 Å². The third-order valence-electron chi connectivity index (χ3n) is 5.32. The Morgan fingerprint density at radius 3 is 2.41 bits per heavy atom. The molecule has 0 radical (unpaired) electrons. The van der Waals surface area contributed by atoms with Gasteiger partial charge in [-0.3, -0.25) is 4.79 Å². The molecule has 0 unspecified atom stereocenters. The number of esters is 1. The van der Waals surface area contributed by atoms with Crippen LogP contribution in [0.1, 0.15) is 71.1 Å². The van der Waals surface area contributed by atoms with Gasteiger partial charge in [0.1, 0.15) is 6.10 Å². The Bertz CT molecular complexity index is 408. The summed E-state index contributed by atoms with van der Waals surface area (Å²) in [5.74, 6) is 1.51. The molecule has 2 rings (SSSR count). The number of hydrogen-bond acceptors (Lipinski definition) is 3. The molecule has 0 spiro atoms. The van der Waals surface area contributed by atoms with Crippen molar-refractivity contribution in [2.75, 3.05) is 0 Å². The van der Waals surface area contributed by atoms with Crippen molar-refractivity contribution >= 4 is 5.97 Å². The second kappa shape index (κ2) is 8.98. The lowest BCUT2D eigenvalue weighted by atomic mass is 9.80. The van der Waals surface area contributed by atoms with Crippen LogP contribution in [0.3, 0.4) is 0 Å². The van der Waals surface area contributed by atoms with Crippen LogP contribution in [-0.4, -0.2) is 12.1 Å². The first-order chi connectivity index (χ1) is 10.7. The number of carbonyl (C=O) groups is 1. The smallest absolute Gasteiger partial charge is 0.309 e. The van der Waals surface area contributed by atoms with Crippen molar-refractivity contribution in [2.45, 2.75) is 77.2 Å². The Labute approximate surface area is 134 Å². The molecule has 0 amide bonds. The summed E-state index contributed by atoms with van der Waals surface area (Å²) < 4.78 is 5.75. The second-order valence-corrected chi connectivity index (χ2v) is 6.97. The van der Waals surface area contributed by atoms with E-state index in [2.05, 4.69) is 6.92 Å². The van der Waals surface area contributed by atoms with Gasteiger partial charge in [0.15, 0.2) is 0 Å². The van der Waals surface area contributed by atoms with E-state index in [4.69, 9.17) is 10.00 Å². The molecule has 2 saturated carbocycles. The molecule has 0 atom stereocenters. The highest BCUT2D eigenvalue weighted by Crippen LogP contribution is 2.33. The van der Waals surface area contributed by atoms with Gasteiger partial charge in [0.25, 0.3) is 0 Å². The average Bonchev–Trinajstić information content (AvgIpc) is 2.55. The van der Waals surface area contributed by atoms with Crippen molar-refractivity contribution < 1.29 is 9.53 Å². The summed E-state index contributed by atoms with van der Waals surface area (Å²) in [5, 5.41) is 8.56. The Kier molecular flexibility index (Phi) is 6.96. The molecule has 2 fully saturated rings. The number of hydrogen-bond donors (Lipinski definition) is 0. The maximum Gasteiger partial charge on any atom is 0.309 e. The highest BCUT2D eigenvalue weighted by Gasteiger charge is 2.30. The number of allylic oxidation sites excluding steroid dienone is 2. The molecular formula is C19H29NO2. The molecule has 3 nitrogen and oxygen atoms in total. The van der Waals surface area contributed by atoms with E-state index in [1.54, 1.807) is 6.08 Å². The Hall–Kier alpha value is -1.30. The molecule has 0 aliphatic heterocycles. The molecule has 0 N–H and O–H groups in total. The summed E-state index contributed by atoms with van der Waals surface area (Å²) in [7, 11) is 0. The molecule has 0 bridgehead atoms. The van der Waals surface area contributed by atoms with Crippen LogP contribution in [-0.2, 0) is 9.53 Å². The molecule has 0 heterocycles. The molecule has 2 aliphatic carbocycles. The highest BCUT2D eigenvalue weighted by molar-refractivity contribution is 5.72. The standard InChI is InChI=1S/C19H29NO2/c1-2-4-15-6-10-17(11-7-15)19(21)22-18-12-8-16(9-13-18)5-3-14-20/h3,5,15-18H,2,4,6-13H2,1H3/b5-3+/t15-,16?,17-,18?. The predicted molar refractivity (Wildman–Crippen MR) is 86.9 cm³/mol. The van der Waals surface area contributed by atoms with E-state index in [9.17, 15) is 4.79 Å². The third-order valence-corrected chi connectivity index (χ3v) is 5.32. The average molecular weight is 303 g/mol. The number of nitrogens with zero attached hydrogens (tertiary/aromatic N) is 1. The number of carbonyl (C=O) groups excluding carboxylic acids is 1. The van der Waals surface area contributed by atoms with Gasteiger partial charge in [-0.2, -0.15) is 5.26 Å². The van der Waals surface area contributed by atoms with Gasteiger partial charge in [-0.1, -0.05) is 25.8 Å². The minimum atomic E-state index is 0.0472. The van der Waals surface area contributed by atoms with Crippen LogP contribution < -0.4 is 0 Å². The van der Waals surface area contributed by atoms with Crippen molar-refractivity contribution in [3.63, 3.8) is 0 Å². The molecule has 3 heteroatoms. The van der Waals surface area contributed by atoms with Crippen LogP contribution in [0.25, 0.3) is 0 Å². The first kappa shape index (κ1) is 17.1. The highest BCUT2D eigenvalue weighted by atomic mass is 16.5. The van der Waals surface area contributed by atoms with Crippen molar-refractivity contribution in [3.8, 4) is 6.07 Å². The summed E-state index contributed by atoms with van der Waals surface area (Å²) in [4.78, 5) is 12.3. The molecule has 0 aromatic carbocycles. The molecule has 2 aliphatic rings. The van der Waals surface area contributed by atoms with E-state index in [-0.39, 0.29) is 18.0 Å². The maximum atomic E-state index is 12.3. The number of nitriles is 1. The lowest BCUT2D eigenvalue weighted by molar-refractivity contribution is -0.157. The van der Waals surface area contributed by atoms with Crippen molar-refractivity contribution in [1.29, 1.82) is 5.26 Å². The molecule has 0 saturated heterocycles. The lowest BCUT2D eigenvalue weighted by Gasteiger charge is -2.30. The second-order valence-electron chi connectivity index (χ2n) is 6.97. The van der Waals surface area contributed by atoms with Gasteiger partial charge in [0.05, 0.1) is 12.0 Å². The van der Waals surface area contributed by atoms with Crippen LogP contribution >= 0.6 is 0 Å². The lowest BCUT2D eigenvalue weighted by Crippen LogP contribution is -2.29. The van der Waals surface area contributed by atoms with Gasteiger partial charge in [0.2, 0.25) is 0 Å². The van der Waals surface area contributed by atoms with Crippen molar-refractivity contribution in [1.82, 2.24) is 0 Å². The van der Waals surface area contributed by atoms with Gasteiger partial charge in [0, 0.05) is 6.08 Å². The molecule has 0 aromatic heterocycles.